The molecule has 0 unspecified atom stereocenters. The maximum absolute atomic E-state index is 12.7. The SMILES string of the molecule is COC(=O)c1ccc(Cl)cc1NC(=O)Cc1c(C)c2ccc(OC)c(OC)c2oc1=O. The van der Waals surface area contributed by atoms with Crippen molar-refractivity contribution in [3.63, 3.8) is 0 Å². The molecule has 162 valence electrons. The Kier molecular flexibility index (Phi) is 6.50. The highest BCUT2D eigenvalue weighted by Crippen LogP contribution is 2.36. The van der Waals surface area contributed by atoms with Crippen molar-refractivity contribution in [1.82, 2.24) is 0 Å². The molecule has 0 saturated carbocycles. The van der Waals surface area contributed by atoms with Crippen LogP contribution in [0.1, 0.15) is 21.5 Å². The Bertz CT molecular complexity index is 1230. The third-order valence-corrected chi connectivity index (χ3v) is 5.03. The van der Waals surface area contributed by atoms with Gasteiger partial charge in [-0.3, -0.25) is 4.79 Å². The highest BCUT2D eigenvalue weighted by atomic mass is 35.5. The average molecular weight is 446 g/mol. The number of amides is 1. The van der Waals surface area contributed by atoms with E-state index in [1.807, 2.05) is 0 Å². The number of carbonyl (C=O) groups excluding carboxylic acids is 2. The number of rotatable bonds is 6. The number of methoxy groups -OCH3 is 3. The molecule has 3 rings (SSSR count). The van der Waals surface area contributed by atoms with Crippen LogP contribution in [-0.4, -0.2) is 33.2 Å². The van der Waals surface area contributed by atoms with Crippen LogP contribution in [0.3, 0.4) is 0 Å². The molecule has 31 heavy (non-hydrogen) atoms. The second kappa shape index (κ2) is 9.09. The topological polar surface area (TPSA) is 104 Å². The van der Waals surface area contributed by atoms with Crippen LogP contribution >= 0.6 is 11.6 Å². The second-order valence-corrected chi connectivity index (χ2v) is 7.01. The van der Waals surface area contributed by atoms with Gasteiger partial charge in [-0.05, 0) is 42.8 Å². The molecule has 0 spiro atoms. The van der Waals surface area contributed by atoms with Crippen molar-refractivity contribution in [2.24, 2.45) is 0 Å². The first-order valence-corrected chi connectivity index (χ1v) is 9.53. The van der Waals surface area contributed by atoms with Crippen molar-refractivity contribution in [2.45, 2.75) is 13.3 Å². The van der Waals surface area contributed by atoms with Crippen molar-refractivity contribution in [3.05, 3.63) is 62.5 Å². The van der Waals surface area contributed by atoms with E-state index in [1.165, 1.54) is 39.5 Å². The molecule has 0 aliphatic rings. The lowest BCUT2D eigenvalue weighted by molar-refractivity contribution is -0.115. The van der Waals surface area contributed by atoms with E-state index < -0.39 is 17.5 Å². The lowest BCUT2D eigenvalue weighted by atomic mass is 10.0. The molecule has 0 radical (unpaired) electrons. The van der Waals surface area contributed by atoms with Gasteiger partial charge < -0.3 is 23.9 Å². The zero-order chi connectivity index (χ0) is 22.7. The van der Waals surface area contributed by atoms with Gasteiger partial charge in [-0.1, -0.05) is 11.6 Å². The van der Waals surface area contributed by atoms with Gasteiger partial charge in [0.1, 0.15) is 0 Å². The Hall–Kier alpha value is -3.52. The number of anilines is 1. The molecule has 3 aromatic rings. The number of hydrogen-bond acceptors (Lipinski definition) is 7. The summed E-state index contributed by atoms with van der Waals surface area (Å²) in [6.07, 6.45) is -0.272. The molecule has 0 bridgehead atoms. The molecule has 2 aromatic carbocycles. The summed E-state index contributed by atoms with van der Waals surface area (Å²) in [6, 6.07) is 7.79. The minimum Gasteiger partial charge on any atom is -0.493 e. The summed E-state index contributed by atoms with van der Waals surface area (Å²) in [7, 11) is 4.15. The van der Waals surface area contributed by atoms with Crippen molar-refractivity contribution >= 4 is 40.1 Å². The Morgan fingerprint density at radius 1 is 1.10 bits per heavy atom. The molecule has 0 aliphatic heterocycles. The fraction of sp³-hybridized carbons (Fsp3) is 0.227. The van der Waals surface area contributed by atoms with E-state index in [-0.39, 0.29) is 34.6 Å². The molecule has 9 heteroatoms. The lowest BCUT2D eigenvalue weighted by Crippen LogP contribution is -2.22. The minimum absolute atomic E-state index is 0.138. The first kappa shape index (κ1) is 22.2. The molecular formula is C22H20ClNO7. The number of ether oxygens (including phenoxy) is 3. The second-order valence-electron chi connectivity index (χ2n) is 6.58. The highest BCUT2D eigenvalue weighted by Gasteiger charge is 2.21. The van der Waals surface area contributed by atoms with Crippen LogP contribution in [0.2, 0.25) is 5.02 Å². The molecule has 8 nitrogen and oxygen atoms in total. The smallest absolute Gasteiger partial charge is 0.340 e. The van der Waals surface area contributed by atoms with Crippen molar-refractivity contribution in [2.75, 3.05) is 26.6 Å². The van der Waals surface area contributed by atoms with Crippen molar-refractivity contribution in [1.29, 1.82) is 0 Å². The van der Waals surface area contributed by atoms with Gasteiger partial charge in [0.15, 0.2) is 11.3 Å². The van der Waals surface area contributed by atoms with Gasteiger partial charge in [0, 0.05) is 10.4 Å². The van der Waals surface area contributed by atoms with E-state index in [0.29, 0.717) is 21.7 Å². The summed E-state index contributed by atoms with van der Waals surface area (Å²) >= 11 is 5.99. The lowest BCUT2D eigenvalue weighted by Gasteiger charge is -2.13. The number of halogens is 1. The van der Waals surface area contributed by atoms with Crippen LogP contribution in [0.25, 0.3) is 11.0 Å². The van der Waals surface area contributed by atoms with E-state index in [9.17, 15) is 14.4 Å². The predicted octanol–water partition coefficient (Wildman–Crippen LogP) is 3.74. The van der Waals surface area contributed by atoms with E-state index in [4.69, 9.17) is 30.2 Å². The monoisotopic (exact) mass is 445 g/mol. The van der Waals surface area contributed by atoms with Gasteiger partial charge in [0.25, 0.3) is 0 Å². The highest BCUT2D eigenvalue weighted by molar-refractivity contribution is 6.31. The van der Waals surface area contributed by atoms with Gasteiger partial charge in [-0.15, -0.1) is 0 Å². The Morgan fingerprint density at radius 2 is 1.84 bits per heavy atom. The summed E-state index contributed by atoms with van der Waals surface area (Å²) in [5.74, 6) is -0.450. The van der Waals surface area contributed by atoms with Crippen molar-refractivity contribution < 1.29 is 28.2 Å². The van der Waals surface area contributed by atoms with E-state index >= 15 is 0 Å². The van der Waals surface area contributed by atoms with Crippen LogP contribution in [0.5, 0.6) is 11.5 Å². The van der Waals surface area contributed by atoms with Crippen LogP contribution < -0.4 is 20.4 Å². The summed E-state index contributed by atoms with van der Waals surface area (Å²) in [5.41, 5.74) is 0.626. The average Bonchev–Trinajstić information content (AvgIpc) is 2.75. The molecule has 0 fully saturated rings. The minimum atomic E-state index is -0.675. The third-order valence-electron chi connectivity index (χ3n) is 4.80. The molecule has 1 N–H and O–H groups in total. The zero-order valence-electron chi connectivity index (χ0n) is 17.3. The zero-order valence-corrected chi connectivity index (χ0v) is 18.1. The van der Waals surface area contributed by atoms with Crippen LogP contribution in [0, 0.1) is 6.92 Å². The van der Waals surface area contributed by atoms with Gasteiger partial charge in [-0.2, -0.15) is 0 Å². The summed E-state index contributed by atoms with van der Waals surface area (Å²) < 4.78 is 20.7. The molecule has 0 aliphatic carbocycles. The molecule has 1 aromatic heterocycles. The van der Waals surface area contributed by atoms with E-state index in [1.54, 1.807) is 19.1 Å². The first-order valence-electron chi connectivity index (χ1n) is 9.15. The molecular weight excluding hydrogens is 426 g/mol. The van der Waals surface area contributed by atoms with Gasteiger partial charge in [0.05, 0.1) is 44.6 Å². The number of aryl methyl sites for hydroxylation is 1. The number of fused-ring (bicyclic) bond motifs is 1. The van der Waals surface area contributed by atoms with Crippen LogP contribution in [0.4, 0.5) is 5.69 Å². The van der Waals surface area contributed by atoms with Crippen LogP contribution in [-0.2, 0) is 16.0 Å². The quantitative estimate of drug-likeness (QED) is 0.455. The fourth-order valence-electron chi connectivity index (χ4n) is 3.23. The fourth-order valence-corrected chi connectivity index (χ4v) is 3.40. The molecule has 0 atom stereocenters. The van der Waals surface area contributed by atoms with Gasteiger partial charge >= 0.3 is 11.6 Å². The summed E-state index contributed by atoms with van der Waals surface area (Å²) in [6.45, 7) is 1.72. The first-order chi connectivity index (χ1) is 14.8. The van der Waals surface area contributed by atoms with Crippen molar-refractivity contribution in [3.8, 4) is 11.5 Å². The number of nitrogens with one attached hydrogen (secondary N) is 1. The Balaban J connectivity index is 1.98. The number of carbonyl (C=O) groups is 2. The Morgan fingerprint density at radius 3 is 2.48 bits per heavy atom. The molecule has 1 heterocycles. The van der Waals surface area contributed by atoms with Crippen LogP contribution in [0.15, 0.2) is 39.5 Å². The third kappa shape index (κ3) is 4.34. The molecule has 0 saturated heterocycles. The normalized spacial score (nSPS) is 10.6. The van der Waals surface area contributed by atoms with Gasteiger partial charge in [-0.25, -0.2) is 9.59 Å². The maximum Gasteiger partial charge on any atom is 0.340 e. The Labute approximate surface area is 182 Å². The van der Waals surface area contributed by atoms with E-state index in [2.05, 4.69) is 5.32 Å². The molecule has 1 amide bonds. The number of benzene rings is 2. The standard InChI is InChI=1S/C22H20ClNO7/c1-11-13-7-8-17(28-2)20(29-3)19(13)31-22(27)15(11)10-18(25)24-16-9-12(23)5-6-14(16)21(26)30-4/h5-9H,10H2,1-4H3,(H,24,25). The predicted molar refractivity (Wildman–Crippen MR) is 115 cm³/mol. The summed E-state index contributed by atoms with van der Waals surface area (Å²) in [4.78, 5) is 37.3. The summed E-state index contributed by atoms with van der Waals surface area (Å²) in [5, 5.41) is 3.54. The largest absolute Gasteiger partial charge is 0.493 e. The number of esters is 1. The number of hydrogen-bond donors (Lipinski definition) is 1. The van der Waals surface area contributed by atoms with Gasteiger partial charge in [0.2, 0.25) is 11.7 Å². The maximum atomic E-state index is 12.7. The van der Waals surface area contributed by atoms with E-state index in [0.717, 1.165) is 0 Å².